The average Bonchev–Trinajstić information content (AvgIpc) is 2.38. The van der Waals surface area contributed by atoms with E-state index in [4.69, 9.17) is 5.39 Å². The fraction of sp³-hybridized carbons (Fsp3) is 0.625. The van der Waals surface area contributed by atoms with E-state index in [1.165, 1.54) is 18.5 Å². The highest BCUT2D eigenvalue weighted by molar-refractivity contribution is 5.55. The van der Waals surface area contributed by atoms with E-state index >= 15 is 0 Å². The van der Waals surface area contributed by atoms with Crippen LogP contribution < -0.4 is 4.90 Å². The second-order valence-electron chi connectivity index (χ2n) is 5.97. The van der Waals surface area contributed by atoms with Gasteiger partial charge < -0.3 is 4.90 Å². The summed E-state index contributed by atoms with van der Waals surface area (Å²) in [6.07, 6.45) is 2.40. The Kier molecular flexibility index (Phi) is 6.35. The van der Waals surface area contributed by atoms with Gasteiger partial charge in [0.2, 0.25) is 5.39 Å². The van der Waals surface area contributed by atoms with Crippen LogP contribution in [0.3, 0.4) is 0 Å². The summed E-state index contributed by atoms with van der Waals surface area (Å²) in [5.41, 5.74) is 1.82. The summed E-state index contributed by atoms with van der Waals surface area (Å²) in [7, 11) is 0. The molecular formula is C16H26N3+. The molecule has 0 atom stereocenters. The Morgan fingerprint density at radius 3 is 1.79 bits per heavy atom. The van der Waals surface area contributed by atoms with Crippen LogP contribution in [0.25, 0.3) is 4.98 Å². The molecule has 104 valence electrons. The highest BCUT2D eigenvalue weighted by Gasteiger charge is 2.10. The predicted octanol–water partition coefficient (Wildman–Crippen LogP) is 5.07. The van der Waals surface area contributed by atoms with Gasteiger partial charge in [0.15, 0.2) is 4.98 Å². The number of diazo groups is 1. The minimum Gasteiger partial charge on any atom is -0.372 e. The lowest BCUT2D eigenvalue weighted by Crippen LogP contribution is -2.27. The summed E-state index contributed by atoms with van der Waals surface area (Å²) in [6.45, 7) is 11.2. The molecule has 1 aromatic carbocycles. The van der Waals surface area contributed by atoms with Gasteiger partial charge in [0.25, 0.3) is 0 Å². The molecular weight excluding hydrogens is 234 g/mol. The minimum atomic E-state index is 0.608. The van der Waals surface area contributed by atoms with Crippen LogP contribution in [0.1, 0.15) is 40.5 Å². The molecule has 3 nitrogen and oxygen atoms in total. The molecule has 0 bridgehead atoms. The van der Waals surface area contributed by atoms with Crippen molar-refractivity contribution in [2.24, 2.45) is 11.8 Å². The molecule has 3 heteroatoms. The Bertz CT molecular complexity index is 389. The number of nitrogens with zero attached hydrogens (tertiary/aromatic N) is 3. The van der Waals surface area contributed by atoms with Gasteiger partial charge in [-0.1, -0.05) is 27.7 Å². The van der Waals surface area contributed by atoms with Crippen molar-refractivity contribution >= 4 is 11.4 Å². The highest BCUT2D eigenvalue weighted by atomic mass is 15.1. The van der Waals surface area contributed by atoms with E-state index in [1.54, 1.807) is 0 Å². The average molecular weight is 260 g/mol. The maximum Gasteiger partial charge on any atom is 0.385 e. The molecule has 0 aliphatic heterocycles. The van der Waals surface area contributed by atoms with Gasteiger partial charge in [-0.05, 0) is 36.8 Å². The van der Waals surface area contributed by atoms with Gasteiger partial charge in [-0.15, -0.1) is 0 Å². The van der Waals surface area contributed by atoms with E-state index in [-0.39, 0.29) is 0 Å². The molecule has 0 aliphatic rings. The van der Waals surface area contributed by atoms with Crippen molar-refractivity contribution in [1.29, 1.82) is 5.39 Å². The Hall–Kier alpha value is -1.56. The first-order valence-electron chi connectivity index (χ1n) is 7.23. The zero-order chi connectivity index (χ0) is 14.3. The molecule has 0 N–H and O–H groups in total. The number of anilines is 1. The Labute approximate surface area is 117 Å². The van der Waals surface area contributed by atoms with Gasteiger partial charge in [0, 0.05) is 30.9 Å². The summed E-state index contributed by atoms with van der Waals surface area (Å²) >= 11 is 0. The fourth-order valence-electron chi connectivity index (χ4n) is 1.93. The predicted molar refractivity (Wildman–Crippen MR) is 82.3 cm³/mol. The quantitative estimate of drug-likeness (QED) is 0.641. The fourth-order valence-corrected chi connectivity index (χ4v) is 1.93. The van der Waals surface area contributed by atoms with E-state index in [1.807, 2.05) is 24.3 Å². The van der Waals surface area contributed by atoms with Crippen LogP contribution >= 0.6 is 0 Å². The van der Waals surface area contributed by atoms with E-state index < -0.39 is 0 Å². The van der Waals surface area contributed by atoms with Crippen molar-refractivity contribution in [3.05, 3.63) is 29.2 Å². The number of hydrogen-bond donors (Lipinski definition) is 0. The molecule has 0 unspecified atom stereocenters. The zero-order valence-electron chi connectivity index (χ0n) is 12.6. The molecule has 0 heterocycles. The Balaban J connectivity index is 2.72. The SMILES string of the molecule is CC(C)CCN(CCC(C)C)c1ccc([N+]#N)cc1. The van der Waals surface area contributed by atoms with Crippen LogP contribution in [0, 0.1) is 17.2 Å². The third kappa shape index (κ3) is 5.74. The number of rotatable bonds is 7. The first-order valence-corrected chi connectivity index (χ1v) is 7.23. The monoisotopic (exact) mass is 260 g/mol. The van der Waals surface area contributed by atoms with Crippen molar-refractivity contribution < 1.29 is 0 Å². The molecule has 1 aromatic rings. The summed E-state index contributed by atoms with van der Waals surface area (Å²) in [5, 5.41) is 8.73. The molecule has 0 radical (unpaired) electrons. The smallest absolute Gasteiger partial charge is 0.372 e. The Morgan fingerprint density at radius 1 is 0.947 bits per heavy atom. The third-order valence-corrected chi connectivity index (χ3v) is 3.28. The van der Waals surface area contributed by atoms with Gasteiger partial charge in [0.05, 0.1) is 0 Å². The van der Waals surface area contributed by atoms with Crippen molar-refractivity contribution in [3.63, 3.8) is 0 Å². The normalized spacial score (nSPS) is 10.8. The van der Waals surface area contributed by atoms with Crippen molar-refractivity contribution in [3.8, 4) is 0 Å². The lowest BCUT2D eigenvalue weighted by molar-refractivity contribution is 0.535. The van der Waals surface area contributed by atoms with Crippen LogP contribution in [-0.4, -0.2) is 13.1 Å². The lowest BCUT2D eigenvalue weighted by Gasteiger charge is -2.26. The summed E-state index contributed by atoms with van der Waals surface area (Å²) in [4.78, 5) is 5.63. The Morgan fingerprint density at radius 2 is 1.42 bits per heavy atom. The molecule has 0 aromatic heterocycles. The van der Waals surface area contributed by atoms with Crippen LogP contribution in [0.15, 0.2) is 24.3 Å². The van der Waals surface area contributed by atoms with Crippen molar-refractivity contribution in [2.45, 2.75) is 40.5 Å². The van der Waals surface area contributed by atoms with Crippen LogP contribution in [0.2, 0.25) is 0 Å². The zero-order valence-corrected chi connectivity index (χ0v) is 12.6. The molecule has 0 fully saturated rings. The largest absolute Gasteiger partial charge is 0.385 e. The van der Waals surface area contributed by atoms with Gasteiger partial charge in [0.1, 0.15) is 0 Å². The van der Waals surface area contributed by atoms with Gasteiger partial charge >= 0.3 is 5.69 Å². The van der Waals surface area contributed by atoms with Crippen LogP contribution in [0.4, 0.5) is 11.4 Å². The van der Waals surface area contributed by atoms with Crippen LogP contribution in [0.5, 0.6) is 0 Å². The summed E-state index contributed by atoms with van der Waals surface area (Å²) < 4.78 is 0. The second-order valence-corrected chi connectivity index (χ2v) is 5.97. The molecule has 19 heavy (non-hydrogen) atoms. The number of benzene rings is 1. The van der Waals surface area contributed by atoms with Gasteiger partial charge in [-0.25, -0.2) is 0 Å². The van der Waals surface area contributed by atoms with Crippen molar-refractivity contribution in [1.82, 2.24) is 0 Å². The summed E-state index contributed by atoms with van der Waals surface area (Å²) in [5.74, 6) is 1.43. The van der Waals surface area contributed by atoms with Crippen molar-refractivity contribution in [2.75, 3.05) is 18.0 Å². The first-order chi connectivity index (χ1) is 9.02. The topological polar surface area (TPSA) is 31.4 Å². The highest BCUT2D eigenvalue weighted by Crippen LogP contribution is 2.21. The van der Waals surface area contributed by atoms with Gasteiger partial charge in [-0.2, -0.15) is 0 Å². The minimum absolute atomic E-state index is 0.608. The first kappa shape index (κ1) is 15.5. The van der Waals surface area contributed by atoms with E-state index in [0.717, 1.165) is 13.1 Å². The molecule has 0 aliphatic carbocycles. The molecule has 0 saturated carbocycles. The molecule has 0 saturated heterocycles. The lowest BCUT2D eigenvalue weighted by atomic mass is 10.1. The maximum absolute atomic E-state index is 8.73. The number of hydrogen-bond acceptors (Lipinski definition) is 2. The molecule has 0 spiro atoms. The second kappa shape index (κ2) is 7.78. The van der Waals surface area contributed by atoms with Gasteiger partial charge in [-0.3, -0.25) is 0 Å². The summed E-state index contributed by atoms with van der Waals surface area (Å²) in [6, 6.07) is 7.78. The van der Waals surface area contributed by atoms with E-state index in [9.17, 15) is 0 Å². The third-order valence-electron chi connectivity index (χ3n) is 3.28. The standard InChI is InChI=1S/C16H26N3/c1-13(2)9-11-19(12-10-14(3)4)16-7-5-15(18-17)6-8-16/h5-8,13-14H,9-12H2,1-4H3/q+1. The van der Waals surface area contributed by atoms with E-state index in [0.29, 0.717) is 17.5 Å². The van der Waals surface area contributed by atoms with E-state index in [2.05, 4.69) is 37.6 Å². The van der Waals surface area contributed by atoms with Crippen LogP contribution in [-0.2, 0) is 0 Å². The molecule has 0 amide bonds. The molecule has 1 rings (SSSR count). The maximum atomic E-state index is 8.73.